The van der Waals surface area contributed by atoms with Crippen LogP contribution in [-0.2, 0) is 12.1 Å². The topological polar surface area (TPSA) is 56.7 Å². The number of aryl methyl sites for hydroxylation is 1. The highest BCUT2D eigenvalue weighted by Gasteiger charge is 2.23. The van der Waals surface area contributed by atoms with Crippen LogP contribution in [0, 0.1) is 12.7 Å². The molecule has 102 valence electrons. The molecule has 1 heterocycles. The predicted octanol–water partition coefficient (Wildman–Crippen LogP) is 2.61. The van der Waals surface area contributed by atoms with Crippen LogP contribution in [0.15, 0.2) is 18.2 Å². The Morgan fingerprint density at radius 1 is 1.21 bits per heavy atom. The second-order valence-corrected chi connectivity index (χ2v) is 5.67. The summed E-state index contributed by atoms with van der Waals surface area (Å²) in [5.74, 6) is 1.08. The summed E-state index contributed by atoms with van der Waals surface area (Å²) in [6, 6.07) is 4.86. The number of hydrogen-bond donors (Lipinski definition) is 1. The Bertz CT molecular complexity index is 576. The molecule has 5 heteroatoms. The Labute approximate surface area is 112 Å². The molecule has 0 spiro atoms. The lowest BCUT2D eigenvalue weighted by Crippen LogP contribution is -2.26. The first kappa shape index (κ1) is 13.7. The van der Waals surface area contributed by atoms with Crippen molar-refractivity contribution in [3.05, 3.63) is 35.4 Å². The summed E-state index contributed by atoms with van der Waals surface area (Å²) < 4.78 is 15.5. The van der Waals surface area contributed by atoms with Gasteiger partial charge >= 0.3 is 0 Å². The van der Waals surface area contributed by atoms with E-state index in [1.165, 1.54) is 12.1 Å². The van der Waals surface area contributed by atoms with Gasteiger partial charge in [0.2, 0.25) is 0 Å². The van der Waals surface area contributed by atoms with E-state index < -0.39 is 0 Å². The third-order valence-electron chi connectivity index (χ3n) is 2.88. The van der Waals surface area contributed by atoms with Crippen molar-refractivity contribution in [2.45, 2.75) is 39.8 Å². The highest BCUT2D eigenvalue weighted by Crippen LogP contribution is 2.27. The molecule has 0 saturated heterocycles. The normalized spacial score (nSPS) is 11.9. The van der Waals surface area contributed by atoms with Gasteiger partial charge in [0, 0.05) is 11.1 Å². The van der Waals surface area contributed by atoms with Crippen LogP contribution in [-0.4, -0.2) is 14.8 Å². The summed E-state index contributed by atoms with van der Waals surface area (Å²) >= 11 is 0. The number of benzene rings is 1. The first-order valence-corrected chi connectivity index (χ1v) is 6.25. The Kier molecular flexibility index (Phi) is 3.41. The van der Waals surface area contributed by atoms with Gasteiger partial charge in [0.25, 0.3) is 0 Å². The number of hydrogen-bond acceptors (Lipinski definition) is 3. The minimum atomic E-state index is -0.271. The quantitative estimate of drug-likeness (QED) is 0.905. The zero-order valence-electron chi connectivity index (χ0n) is 11.7. The molecule has 0 radical (unpaired) electrons. The van der Waals surface area contributed by atoms with Crippen LogP contribution in [0.5, 0.6) is 0 Å². The lowest BCUT2D eigenvalue weighted by molar-refractivity contribution is 0.386. The van der Waals surface area contributed by atoms with Crippen LogP contribution in [0.25, 0.3) is 11.4 Å². The number of rotatable bonds is 2. The van der Waals surface area contributed by atoms with Crippen LogP contribution in [0.1, 0.15) is 32.2 Å². The summed E-state index contributed by atoms with van der Waals surface area (Å²) in [7, 11) is 0. The molecule has 1 aromatic heterocycles. The van der Waals surface area contributed by atoms with Crippen LogP contribution in [0.2, 0.25) is 0 Å². The molecule has 0 amide bonds. The Morgan fingerprint density at radius 2 is 1.89 bits per heavy atom. The molecule has 0 aliphatic rings. The summed E-state index contributed by atoms with van der Waals surface area (Å²) in [5.41, 5.74) is 7.06. The molecular formula is C14H19FN4. The maximum Gasteiger partial charge on any atom is 0.164 e. The third-order valence-corrected chi connectivity index (χ3v) is 2.88. The Hall–Kier alpha value is -1.75. The van der Waals surface area contributed by atoms with E-state index in [0.717, 1.165) is 11.1 Å². The molecule has 0 unspecified atom stereocenters. The van der Waals surface area contributed by atoms with Crippen molar-refractivity contribution in [2.24, 2.45) is 5.73 Å². The second-order valence-electron chi connectivity index (χ2n) is 5.67. The van der Waals surface area contributed by atoms with E-state index in [4.69, 9.17) is 5.73 Å². The fourth-order valence-electron chi connectivity index (χ4n) is 2.21. The zero-order chi connectivity index (χ0) is 14.2. The molecule has 2 N–H and O–H groups in total. The summed E-state index contributed by atoms with van der Waals surface area (Å²) in [6.07, 6.45) is 0. The van der Waals surface area contributed by atoms with Gasteiger partial charge in [-0.1, -0.05) is 0 Å². The Morgan fingerprint density at radius 3 is 2.42 bits per heavy atom. The smallest absolute Gasteiger partial charge is 0.164 e. The molecule has 19 heavy (non-hydrogen) atoms. The van der Waals surface area contributed by atoms with Gasteiger partial charge in [0.15, 0.2) is 5.82 Å². The molecule has 2 aromatic rings. The van der Waals surface area contributed by atoms with Crippen molar-refractivity contribution in [3.63, 3.8) is 0 Å². The average Bonchev–Trinajstić information content (AvgIpc) is 2.70. The number of halogens is 1. The van der Waals surface area contributed by atoms with E-state index in [1.807, 2.05) is 38.3 Å². The second kappa shape index (κ2) is 4.74. The lowest BCUT2D eigenvalue weighted by Gasteiger charge is -2.24. The maximum atomic E-state index is 13.5. The molecule has 0 bridgehead atoms. The standard InChI is InChI=1S/C14H19FN4/c1-9-5-10(7-11(15)6-9)13-18-17-12(8-16)19(13)14(2,3)4/h5-7H,8,16H2,1-4H3. The van der Waals surface area contributed by atoms with Gasteiger partial charge in [-0.15, -0.1) is 10.2 Å². The summed E-state index contributed by atoms with van der Waals surface area (Å²) in [4.78, 5) is 0. The molecule has 0 atom stereocenters. The molecule has 1 aromatic carbocycles. The molecule has 0 aliphatic carbocycles. The van der Waals surface area contributed by atoms with Crippen molar-refractivity contribution in [1.29, 1.82) is 0 Å². The van der Waals surface area contributed by atoms with Crippen LogP contribution in [0.4, 0.5) is 4.39 Å². The molecule has 0 aliphatic heterocycles. The van der Waals surface area contributed by atoms with Gasteiger partial charge in [0.1, 0.15) is 11.6 Å². The fraction of sp³-hybridized carbons (Fsp3) is 0.429. The zero-order valence-corrected chi connectivity index (χ0v) is 11.7. The van der Waals surface area contributed by atoms with E-state index in [2.05, 4.69) is 10.2 Å². The van der Waals surface area contributed by atoms with Crippen molar-refractivity contribution in [2.75, 3.05) is 0 Å². The van der Waals surface area contributed by atoms with E-state index in [9.17, 15) is 4.39 Å². The fourth-order valence-corrected chi connectivity index (χ4v) is 2.21. The van der Waals surface area contributed by atoms with Crippen LogP contribution >= 0.6 is 0 Å². The SMILES string of the molecule is Cc1cc(F)cc(-c2nnc(CN)n2C(C)(C)C)c1. The van der Waals surface area contributed by atoms with Crippen molar-refractivity contribution >= 4 is 0 Å². The lowest BCUT2D eigenvalue weighted by atomic mass is 10.1. The highest BCUT2D eigenvalue weighted by molar-refractivity contribution is 5.57. The Balaban J connectivity index is 2.66. The van der Waals surface area contributed by atoms with Gasteiger partial charge in [-0.3, -0.25) is 0 Å². The van der Waals surface area contributed by atoms with E-state index >= 15 is 0 Å². The molecule has 4 nitrogen and oxygen atoms in total. The third kappa shape index (κ3) is 2.66. The van der Waals surface area contributed by atoms with Crippen molar-refractivity contribution in [3.8, 4) is 11.4 Å². The van der Waals surface area contributed by atoms with Crippen LogP contribution in [0.3, 0.4) is 0 Å². The number of nitrogens with two attached hydrogens (primary N) is 1. The van der Waals surface area contributed by atoms with E-state index in [0.29, 0.717) is 18.2 Å². The first-order valence-electron chi connectivity index (χ1n) is 6.25. The average molecular weight is 262 g/mol. The first-order chi connectivity index (χ1) is 8.82. The minimum Gasteiger partial charge on any atom is -0.324 e. The van der Waals surface area contributed by atoms with Crippen molar-refractivity contribution < 1.29 is 4.39 Å². The molecular weight excluding hydrogens is 243 g/mol. The van der Waals surface area contributed by atoms with E-state index in [1.54, 1.807) is 0 Å². The number of aromatic nitrogens is 3. The van der Waals surface area contributed by atoms with E-state index in [-0.39, 0.29) is 11.4 Å². The number of nitrogens with zero attached hydrogens (tertiary/aromatic N) is 3. The van der Waals surface area contributed by atoms with Gasteiger partial charge in [-0.05, 0) is 51.5 Å². The maximum absolute atomic E-state index is 13.5. The summed E-state index contributed by atoms with van der Waals surface area (Å²) in [5, 5.41) is 8.27. The van der Waals surface area contributed by atoms with Crippen LogP contribution < -0.4 is 5.73 Å². The summed E-state index contributed by atoms with van der Waals surface area (Å²) in [6.45, 7) is 8.30. The van der Waals surface area contributed by atoms with Gasteiger partial charge < -0.3 is 10.3 Å². The van der Waals surface area contributed by atoms with Crippen molar-refractivity contribution in [1.82, 2.24) is 14.8 Å². The molecule has 2 rings (SSSR count). The van der Waals surface area contributed by atoms with Gasteiger partial charge in [0.05, 0.1) is 6.54 Å². The minimum absolute atomic E-state index is 0.215. The monoisotopic (exact) mass is 262 g/mol. The molecule has 0 fully saturated rings. The van der Waals surface area contributed by atoms with Gasteiger partial charge in [-0.2, -0.15) is 0 Å². The van der Waals surface area contributed by atoms with Gasteiger partial charge in [-0.25, -0.2) is 4.39 Å². The highest BCUT2D eigenvalue weighted by atomic mass is 19.1. The largest absolute Gasteiger partial charge is 0.324 e. The molecule has 0 saturated carbocycles. The predicted molar refractivity (Wildman–Crippen MR) is 73.0 cm³/mol.